The molecule has 1 aromatic heterocycles. The zero-order valence-corrected chi connectivity index (χ0v) is 9.43. The Morgan fingerprint density at radius 3 is 3.07 bits per heavy atom. The van der Waals surface area contributed by atoms with E-state index >= 15 is 0 Å². The third kappa shape index (κ3) is 1.74. The predicted molar refractivity (Wildman–Crippen MR) is 61.1 cm³/mol. The number of hydrogen-bond donors (Lipinski definition) is 1. The largest absolute Gasteiger partial charge is 0.310 e. The summed E-state index contributed by atoms with van der Waals surface area (Å²) in [6, 6.07) is 5.20. The molecular formula is C12H15NOS. The predicted octanol–water partition coefficient (Wildman–Crippen LogP) is 2.00. The van der Waals surface area contributed by atoms with Crippen LogP contribution >= 0.6 is 11.3 Å². The molecule has 2 saturated heterocycles. The summed E-state index contributed by atoms with van der Waals surface area (Å²) >= 11 is 1.69. The summed E-state index contributed by atoms with van der Waals surface area (Å²) in [6.07, 6.45) is 4.20. The van der Waals surface area contributed by atoms with Gasteiger partial charge in [-0.2, -0.15) is 0 Å². The van der Waals surface area contributed by atoms with E-state index in [4.69, 9.17) is 0 Å². The van der Waals surface area contributed by atoms with E-state index in [-0.39, 0.29) is 0 Å². The van der Waals surface area contributed by atoms with Crippen LogP contribution in [0.15, 0.2) is 17.5 Å². The molecule has 0 amide bonds. The summed E-state index contributed by atoms with van der Waals surface area (Å²) in [5.74, 6) is 0.739. The molecule has 3 heteroatoms. The maximum atomic E-state index is 12.1. The zero-order chi connectivity index (χ0) is 10.3. The molecule has 0 spiro atoms. The molecule has 0 radical (unpaired) electrons. The third-order valence-electron chi connectivity index (χ3n) is 3.64. The van der Waals surface area contributed by atoms with Gasteiger partial charge < -0.3 is 5.32 Å². The molecule has 2 nitrogen and oxygen atoms in total. The summed E-state index contributed by atoms with van der Waals surface area (Å²) in [4.78, 5) is 13.3. The van der Waals surface area contributed by atoms with Gasteiger partial charge in [0.05, 0.1) is 0 Å². The van der Waals surface area contributed by atoms with Crippen molar-refractivity contribution >= 4 is 17.1 Å². The van der Waals surface area contributed by atoms with Gasteiger partial charge in [-0.25, -0.2) is 0 Å². The van der Waals surface area contributed by atoms with E-state index in [0.717, 1.165) is 6.42 Å². The lowest BCUT2D eigenvalue weighted by atomic mass is 9.85. The van der Waals surface area contributed by atoms with Crippen molar-refractivity contribution in [2.75, 3.05) is 0 Å². The topological polar surface area (TPSA) is 29.1 Å². The Morgan fingerprint density at radius 2 is 2.47 bits per heavy atom. The Labute approximate surface area is 93.7 Å². The first-order valence-corrected chi connectivity index (χ1v) is 6.52. The molecule has 2 fully saturated rings. The van der Waals surface area contributed by atoms with E-state index < -0.39 is 0 Å². The fourth-order valence-corrected chi connectivity index (χ4v) is 3.61. The molecule has 0 aliphatic carbocycles. The molecule has 2 aliphatic heterocycles. The third-order valence-corrected chi connectivity index (χ3v) is 4.52. The van der Waals surface area contributed by atoms with Gasteiger partial charge in [0.25, 0.3) is 0 Å². The smallest absolute Gasteiger partial charge is 0.142 e. The molecule has 3 atom stereocenters. The molecule has 80 valence electrons. The van der Waals surface area contributed by atoms with E-state index in [1.807, 2.05) is 11.4 Å². The number of ketones is 1. The van der Waals surface area contributed by atoms with Crippen molar-refractivity contribution in [2.24, 2.45) is 5.92 Å². The Bertz CT molecular complexity index is 360. The maximum absolute atomic E-state index is 12.1. The van der Waals surface area contributed by atoms with Crippen molar-refractivity contribution in [2.45, 2.75) is 37.8 Å². The molecule has 3 unspecified atom stereocenters. The van der Waals surface area contributed by atoms with Crippen molar-refractivity contribution < 1.29 is 4.79 Å². The lowest BCUT2D eigenvalue weighted by Crippen LogP contribution is -2.29. The van der Waals surface area contributed by atoms with Gasteiger partial charge in [0.2, 0.25) is 0 Å². The summed E-state index contributed by atoms with van der Waals surface area (Å²) in [5, 5.41) is 5.56. The molecule has 2 aliphatic rings. The van der Waals surface area contributed by atoms with Gasteiger partial charge in [-0.05, 0) is 30.7 Å². The van der Waals surface area contributed by atoms with Crippen molar-refractivity contribution in [3.63, 3.8) is 0 Å². The molecule has 1 aromatic rings. The molecular weight excluding hydrogens is 206 g/mol. The van der Waals surface area contributed by atoms with Crippen LogP contribution in [0.4, 0.5) is 0 Å². The Hall–Kier alpha value is -0.670. The number of carbonyl (C=O) groups is 1. The second-order valence-corrected chi connectivity index (χ2v) is 5.64. The van der Waals surface area contributed by atoms with Crippen LogP contribution in [-0.2, 0) is 11.2 Å². The molecule has 3 heterocycles. The molecule has 0 aromatic carbocycles. The highest BCUT2D eigenvalue weighted by Gasteiger charge is 2.42. The highest BCUT2D eigenvalue weighted by atomic mass is 32.1. The molecule has 1 N–H and O–H groups in total. The highest BCUT2D eigenvalue weighted by Crippen LogP contribution is 2.34. The molecule has 3 rings (SSSR count). The van der Waals surface area contributed by atoms with Crippen molar-refractivity contribution in [3.05, 3.63) is 22.4 Å². The second-order valence-electron chi connectivity index (χ2n) is 4.61. The van der Waals surface area contributed by atoms with Crippen molar-refractivity contribution in [1.82, 2.24) is 5.32 Å². The highest BCUT2D eigenvalue weighted by molar-refractivity contribution is 7.10. The van der Waals surface area contributed by atoms with Crippen LogP contribution in [-0.4, -0.2) is 17.9 Å². The molecule has 2 bridgehead atoms. The van der Waals surface area contributed by atoms with Gasteiger partial charge in [-0.1, -0.05) is 6.07 Å². The number of carbonyl (C=O) groups excluding carboxylic acids is 1. The number of nitrogens with one attached hydrogen (secondary N) is 1. The Morgan fingerprint density at radius 1 is 1.53 bits per heavy atom. The van der Waals surface area contributed by atoms with Gasteiger partial charge >= 0.3 is 0 Å². The average Bonchev–Trinajstić information content (AvgIpc) is 2.93. The lowest BCUT2D eigenvalue weighted by Gasteiger charge is -2.18. The van der Waals surface area contributed by atoms with E-state index in [1.54, 1.807) is 11.3 Å². The van der Waals surface area contributed by atoms with E-state index in [0.29, 0.717) is 30.2 Å². The summed E-state index contributed by atoms with van der Waals surface area (Å²) < 4.78 is 0. The normalized spacial score (nSPS) is 33.5. The number of Topliss-reactive ketones (excluding diaryl/α,β-unsaturated/α-hetero) is 1. The Kier molecular flexibility index (Phi) is 2.37. The number of thiophene rings is 1. The van der Waals surface area contributed by atoms with Crippen molar-refractivity contribution in [1.29, 1.82) is 0 Å². The second kappa shape index (κ2) is 3.72. The van der Waals surface area contributed by atoms with Crippen LogP contribution in [0.2, 0.25) is 0 Å². The van der Waals surface area contributed by atoms with Gasteiger partial charge in [0, 0.05) is 29.3 Å². The van der Waals surface area contributed by atoms with Crippen LogP contribution in [0, 0.1) is 5.92 Å². The van der Waals surface area contributed by atoms with Crippen LogP contribution in [0.5, 0.6) is 0 Å². The summed E-state index contributed by atoms with van der Waals surface area (Å²) in [6.45, 7) is 0. The maximum Gasteiger partial charge on any atom is 0.142 e. The van der Waals surface area contributed by atoms with Gasteiger partial charge in [-0.3, -0.25) is 4.79 Å². The fraction of sp³-hybridized carbons (Fsp3) is 0.583. The molecule has 0 saturated carbocycles. The minimum atomic E-state index is 0.297. The van der Waals surface area contributed by atoms with Gasteiger partial charge in [0.15, 0.2) is 0 Å². The number of fused-ring (bicyclic) bond motifs is 2. The monoisotopic (exact) mass is 221 g/mol. The fourth-order valence-electron chi connectivity index (χ4n) is 2.90. The number of hydrogen-bond acceptors (Lipinski definition) is 3. The first-order chi connectivity index (χ1) is 7.33. The summed E-state index contributed by atoms with van der Waals surface area (Å²) in [5.41, 5.74) is 0. The van der Waals surface area contributed by atoms with Crippen molar-refractivity contribution in [3.8, 4) is 0 Å². The first kappa shape index (κ1) is 9.55. The van der Waals surface area contributed by atoms with Crippen LogP contribution in [0.25, 0.3) is 0 Å². The Balaban J connectivity index is 1.66. The summed E-state index contributed by atoms with van der Waals surface area (Å²) in [7, 11) is 0. The zero-order valence-electron chi connectivity index (χ0n) is 8.61. The standard InChI is InChI=1S/C12H15NOS/c14-12(7-9-2-1-5-15-9)10-6-8-3-4-11(10)13-8/h1-2,5,8,10-11,13H,3-4,6-7H2. The quantitative estimate of drug-likeness (QED) is 0.846. The molecule has 15 heavy (non-hydrogen) atoms. The minimum absolute atomic E-state index is 0.297. The van der Waals surface area contributed by atoms with E-state index in [2.05, 4.69) is 11.4 Å². The van der Waals surface area contributed by atoms with E-state index in [9.17, 15) is 4.79 Å². The van der Waals surface area contributed by atoms with Crippen LogP contribution in [0.1, 0.15) is 24.1 Å². The lowest BCUT2D eigenvalue weighted by molar-refractivity contribution is -0.122. The van der Waals surface area contributed by atoms with Crippen LogP contribution < -0.4 is 5.32 Å². The number of rotatable bonds is 3. The van der Waals surface area contributed by atoms with Crippen LogP contribution in [0.3, 0.4) is 0 Å². The average molecular weight is 221 g/mol. The minimum Gasteiger partial charge on any atom is -0.310 e. The first-order valence-electron chi connectivity index (χ1n) is 5.64. The van der Waals surface area contributed by atoms with E-state index in [1.165, 1.54) is 17.7 Å². The van der Waals surface area contributed by atoms with Gasteiger partial charge in [-0.15, -0.1) is 11.3 Å². The SMILES string of the molecule is O=C(Cc1cccs1)C1CC2CCC1N2. The van der Waals surface area contributed by atoms with Gasteiger partial charge in [0.1, 0.15) is 5.78 Å².